The number of benzene rings is 3. The zero-order valence-electron chi connectivity index (χ0n) is 24.3. The highest BCUT2D eigenvalue weighted by molar-refractivity contribution is 5.95. The highest BCUT2D eigenvalue weighted by Crippen LogP contribution is 2.37. The summed E-state index contributed by atoms with van der Waals surface area (Å²) in [7, 11) is 0. The molecule has 2 N–H and O–H groups in total. The van der Waals surface area contributed by atoms with Crippen LogP contribution in [0.2, 0.25) is 0 Å². The predicted molar refractivity (Wildman–Crippen MR) is 173 cm³/mol. The molecule has 0 radical (unpaired) electrons. The number of carbonyl (C=O) groups excluding carboxylic acids is 1. The lowest BCUT2D eigenvalue weighted by Crippen LogP contribution is -2.57. The maximum atomic E-state index is 13.7. The smallest absolute Gasteiger partial charge is 0.333 e. The van der Waals surface area contributed by atoms with Gasteiger partial charge < -0.3 is 10.6 Å². The molecule has 1 saturated heterocycles. The Morgan fingerprint density at radius 1 is 0.826 bits per heavy atom. The van der Waals surface area contributed by atoms with Gasteiger partial charge in [-0.1, -0.05) is 48.5 Å². The second-order valence-corrected chi connectivity index (χ2v) is 10.9. The topological polar surface area (TPSA) is 62.5 Å². The quantitative estimate of drug-likeness (QED) is 0.202. The van der Waals surface area contributed by atoms with Crippen LogP contribution in [0.1, 0.15) is 32.6 Å². The van der Waals surface area contributed by atoms with Gasteiger partial charge in [-0.05, 0) is 59.0 Å². The summed E-state index contributed by atoms with van der Waals surface area (Å²) in [6.07, 6.45) is -5.76. The van der Waals surface area contributed by atoms with Gasteiger partial charge in [-0.3, -0.25) is 14.7 Å². The van der Waals surface area contributed by atoms with Crippen LogP contribution in [0.4, 0.5) is 26.3 Å². The summed E-state index contributed by atoms with van der Waals surface area (Å²) in [4.78, 5) is 21.3. The van der Waals surface area contributed by atoms with Gasteiger partial charge in [0.05, 0.1) is 11.1 Å². The average Bonchev–Trinajstić information content (AvgIpc) is 2.96. The molecule has 3 aromatic carbocycles. The van der Waals surface area contributed by atoms with Crippen molar-refractivity contribution in [1.29, 1.82) is 0 Å². The van der Waals surface area contributed by atoms with E-state index in [9.17, 15) is 31.1 Å². The molecule has 4 aromatic rings. The number of rotatable bonds is 7. The Kier molecular flexibility index (Phi) is 13.7. The number of pyridine rings is 1. The predicted octanol–water partition coefficient (Wildman–Crippen LogP) is 7.48. The maximum absolute atomic E-state index is 13.7. The summed E-state index contributed by atoms with van der Waals surface area (Å²) >= 11 is 0. The largest absolute Gasteiger partial charge is 0.416 e. The molecule has 2 atom stereocenters. The molecule has 1 amide bonds. The number of halogens is 9. The first-order valence-corrected chi connectivity index (χ1v) is 13.8. The van der Waals surface area contributed by atoms with Gasteiger partial charge in [-0.15, -0.1) is 37.2 Å². The number of nitrogens with two attached hydrogens (primary N) is 1. The highest BCUT2D eigenvalue weighted by atomic mass is 35.5. The van der Waals surface area contributed by atoms with Crippen molar-refractivity contribution in [2.45, 2.75) is 37.3 Å². The normalized spacial score (nSPS) is 16.2. The molecule has 0 aliphatic carbocycles. The number of alkyl halides is 6. The van der Waals surface area contributed by atoms with E-state index in [-0.39, 0.29) is 55.9 Å². The fourth-order valence-electron chi connectivity index (χ4n) is 5.63. The number of aromatic nitrogens is 1. The van der Waals surface area contributed by atoms with Gasteiger partial charge in [0.2, 0.25) is 0 Å². The molecule has 0 bridgehead atoms. The Hall–Kier alpha value is -3.09. The number of hydrogen-bond acceptors (Lipinski definition) is 4. The summed E-state index contributed by atoms with van der Waals surface area (Å²) in [5.74, 6) is -0.873. The fourth-order valence-corrected chi connectivity index (χ4v) is 5.63. The Labute approximate surface area is 281 Å². The van der Waals surface area contributed by atoms with Crippen LogP contribution in [0.15, 0.2) is 85.2 Å². The number of piperazine rings is 1. The van der Waals surface area contributed by atoms with Crippen LogP contribution in [-0.4, -0.2) is 59.0 Å². The number of fused-ring (bicyclic) bond motifs is 1. The zero-order chi connectivity index (χ0) is 30.8. The third-order valence-corrected chi connectivity index (χ3v) is 7.66. The van der Waals surface area contributed by atoms with Crippen LogP contribution < -0.4 is 5.73 Å². The van der Waals surface area contributed by atoms with E-state index in [0.29, 0.717) is 44.6 Å². The molecule has 46 heavy (non-hydrogen) atoms. The van der Waals surface area contributed by atoms with Crippen molar-refractivity contribution in [3.05, 3.63) is 113 Å². The zero-order valence-corrected chi connectivity index (χ0v) is 26.7. The van der Waals surface area contributed by atoms with E-state index < -0.39 is 41.0 Å². The standard InChI is InChI=1S/C32H30F6N4O.3ClH/c33-31(34,35)26-15-25(16-27(17-26)32(36,37)38)30(43)42-11-10-41(19-28(39)13-22-4-3-9-40-18-22)20-29(42)14-21-7-8-23-5-1-2-6-24(23)12-21;;;/h1-9,12,15-18,28-29H,10-11,13-14,19-20,39H2;3*1H/t28?,29-;;;/m1.../s1. The van der Waals surface area contributed by atoms with Crippen LogP contribution in [0.25, 0.3) is 10.8 Å². The number of amides is 1. The van der Waals surface area contributed by atoms with Crippen LogP contribution in [-0.2, 0) is 25.2 Å². The summed E-state index contributed by atoms with van der Waals surface area (Å²) < 4.78 is 81.3. The van der Waals surface area contributed by atoms with E-state index in [4.69, 9.17) is 5.73 Å². The second-order valence-electron chi connectivity index (χ2n) is 10.9. The Morgan fingerprint density at radius 3 is 2.09 bits per heavy atom. The van der Waals surface area contributed by atoms with Gasteiger partial charge in [-0.25, -0.2) is 0 Å². The Balaban J connectivity index is 0.00000245. The lowest BCUT2D eigenvalue weighted by atomic mass is 9.97. The van der Waals surface area contributed by atoms with Crippen LogP contribution in [0, 0.1) is 0 Å². The maximum Gasteiger partial charge on any atom is 0.416 e. The molecule has 1 aliphatic rings. The molecule has 2 heterocycles. The second kappa shape index (κ2) is 16.1. The van der Waals surface area contributed by atoms with Crippen LogP contribution >= 0.6 is 37.2 Å². The molecular weight excluding hydrogens is 677 g/mol. The van der Waals surface area contributed by atoms with E-state index >= 15 is 0 Å². The van der Waals surface area contributed by atoms with E-state index in [1.807, 2.05) is 54.6 Å². The molecule has 1 aromatic heterocycles. The van der Waals surface area contributed by atoms with E-state index in [0.717, 1.165) is 21.9 Å². The van der Waals surface area contributed by atoms with Crippen molar-refractivity contribution < 1.29 is 31.1 Å². The first kappa shape index (κ1) is 39.1. The van der Waals surface area contributed by atoms with E-state index in [2.05, 4.69) is 9.88 Å². The molecule has 1 fully saturated rings. The number of nitrogens with zero attached hydrogens (tertiary/aromatic N) is 3. The van der Waals surface area contributed by atoms with Gasteiger partial charge in [0.15, 0.2) is 0 Å². The molecule has 0 spiro atoms. The molecule has 1 unspecified atom stereocenters. The Bertz CT molecular complexity index is 1560. The fraction of sp³-hybridized carbons (Fsp3) is 0.312. The van der Waals surface area contributed by atoms with Crippen molar-refractivity contribution in [2.24, 2.45) is 5.73 Å². The minimum atomic E-state index is -5.05. The third kappa shape index (κ3) is 9.71. The average molecular weight is 710 g/mol. The van der Waals surface area contributed by atoms with Crippen molar-refractivity contribution in [1.82, 2.24) is 14.8 Å². The van der Waals surface area contributed by atoms with Crippen molar-refractivity contribution >= 4 is 53.9 Å². The minimum Gasteiger partial charge on any atom is -0.333 e. The van der Waals surface area contributed by atoms with Gasteiger partial charge in [0, 0.05) is 56.2 Å². The van der Waals surface area contributed by atoms with Crippen LogP contribution in [0.5, 0.6) is 0 Å². The highest BCUT2D eigenvalue weighted by Gasteiger charge is 2.39. The summed E-state index contributed by atoms with van der Waals surface area (Å²) in [6, 6.07) is 17.6. The van der Waals surface area contributed by atoms with Crippen LogP contribution in [0.3, 0.4) is 0 Å². The molecule has 14 heteroatoms. The molecule has 0 saturated carbocycles. The first-order valence-electron chi connectivity index (χ1n) is 13.8. The van der Waals surface area contributed by atoms with Gasteiger partial charge in [0.25, 0.3) is 5.91 Å². The minimum absolute atomic E-state index is 0. The van der Waals surface area contributed by atoms with Gasteiger partial charge >= 0.3 is 12.4 Å². The van der Waals surface area contributed by atoms with E-state index in [1.165, 1.54) is 4.90 Å². The summed E-state index contributed by atoms with van der Waals surface area (Å²) in [6.45, 7) is 1.33. The molecular formula is C32H33Cl3F6N4O. The van der Waals surface area contributed by atoms with E-state index in [1.54, 1.807) is 12.4 Å². The van der Waals surface area contributed by atoms with Crippen molar-refractivity contribution in [2.75, 3.05) is 26.2 Å². The summed E-state index contributed by atoms with van der Waals surface area (Å²) in [5, 5.41) is 2.01. The SMILES string of the molecule is Cl.Cl.Cl.NC(Cc1cccnc1)CN1CCN(C(=O)c2cc(C(F)(F)F)cc(C(F)(F)F)c2)[C@H](Cc2ccc3ccccc3c2)C1. The van der Waals surface area contributed by atoms with Gasteiger partial charge in [0.1, 0.15) is 0 Å². The van der Waals surface area contributed by atoms with Crippen molar-refractivity contribution in [3.8, 4) is 0 Å². The molecule has 1 aliphatic heterocycles. The third-order valence-electron chi connectivity index (χ3n) is 7.66. The summed E-state index contributed by atoms with van der Waals surface area (Å²) in [5.41, 5.74) is 4.62. The first-order chi connectivity index (χ1) is 20.4. The lowest BCUT2D eigenvalue weighted by Gasteiger charge is -2.42. The Morgan fingerprint density at radius 2 is 1.48 bits per heavy atom. The molecule has 5 nitrogen and oxygen atoms in total. The van der Waals surface area contributed by atoms with Crippen molar-refractivity contribution in [3.63, 3.8) is 0 Å². The monoisotopic (exact) mass is 708 g/mol. The lowest BCUT2D eigenvalue weighted by molar-refractivity contribution is -0.143. The molecule has 250 valence electrons. The van der Waals surface area contributed by atoms with Gasteiger partial charge in [-0.2, -0.15) is 26.3 Å². The molecule has 5 rings (SSSR count). The number of carbonyl (C=O) groups is 1. The number of hydrogen-bond donors (Lipinski definition) is 1.